The fraction of sp³-hybridized carbons (Fsp3) is 0.591. The first kappa shape index (κ1) is 20.4. The molecular formula is C22H30N2O4. The summed E-state index contributed by atoms with van der Waals surface area (Å²) in [5.41, 5.74) is 1.70. The van der Waals surface area contributed by atoms with E-state index >= 15 is 0 Å². The van der Waals surface area contributed by atoms with E-state index in [1.807, 2.05) is 30.0 Å². The molecule has 1 saturated carbocycles. The number of nitrogens with zero attached hydrogens (tertiary/aromatic N) is 1. The van der Waals surface area contributed by atoms with E-state index in [-0.39, 0.29) is 30.9 Å². The Morgan fingerprint density at radius 2 is 2.04 bits per heavy atom. The van der Waals surface area contributed by atoms with Gasteiger partial charge in [-0.05, 0) is 42.9 Å². The zero-order valence-electron chi connectivity index (χ0n) is 16.9. The molecule has 1 aliphatic heterocycles. The van der Waals surface area contributed by atoms with E-state index in [4.69, 9.17) is 4.74 Å². The van der Waals surface area contributed by atoms with Crippen molar-refractivity contribution in [1.29, 1.82) is 0 Å². The van der Waals surface area contributed by atoms with E-state index in [0.717, 1.165) is 18.4 Å². The molecule has 1 N–H and O–H groups in total. The molecule has 2 aliphatic rings. The fourth-order valence-corrected chi connectivity index (χ4v) is 4.38. The second-order valence-electron chi connectivity index (χ2n) is 8.31. The molecular weight excluding hydrogens is 356 g/mol. The highest BCUT2D eigenvalue weighted by Crippen LogP contribution is 2.35. The second kappa shape index (κ2) is 8.76. The predicted molar refractivity (Wildman–Crippen MR) is 107 cm³/mol. The van der Waals surface area contributed by atoms with Crippen LogP contribution < -0.4 is 5.32 Å². The van der Waals surface area contributed by atoms with Crippen molar-refractivity contribution in [3.8, 4) is 0 Å². The molecule has 1 saturated heterocycles. The lowest BCUT2D eigenvalue weighted by Crippen LogP contribution is -2.45. The summed E-state index contributed by atoms with van der Waals surface area (Å²) in [6.45, 7) is 6.43. The van der Waals surface area contributed by atoms with E-state index in [9.17, 15) is 14.4 Å². The molecule has 0 aromatic heterocycles. The predicted octanol–water partition coefficient (Wildman–Crippen LogP) is 3.15. The number of aryl methyl sites for hydroxylation is 1. The van der Waals surface area contributed by atoms with Gasteiger partial charge in [-0.2, -0.15) is 0 Å². The average molecular weight is 386 g/mol. The molecule has 1 aliphatic carbocycles. The van der Waals surface area contributed by atoms with Crippen molar-refractivity contribution < 1.29 is 19.1 Å². The lowest BCUT2D eigenvalue weighted by molar-refractivity contribution is -0.151. The largest absolute Gasteiger partial charge is 0.455 e. The lowest BCUT2D eigenvalue weighted by Gasteiger charge is -2.39. The molecule has 0 unspecified atom stereocenters. The molecule has 152 valence electrons. The number of hydrogen-bond donors (Lipinski definition) is 1. The number of nitrogens with one attached hydrogen (secondary N) is 1. The van der Waals surface area contributed by atoms with E-state index < -0.39 is 11.9 Å². The number of benzene rings is 1. The Labute approximate surface area is 166 Å². The molecule has 1 aromatic rings. The summed E-state index contributed by atoms with van der Waals surface area (Å²) in [7, 11) is 0. The maximum Gasteiger partial charge on any atom is 0.311 e. The van der Waals surface area contributed by atoms with Gasteiger partial charge in [-0.3, -0.25) is 14.4 Å². The van der Waals surface area contributed by atoms with Gasteiger partial charge in [0.05, 0.1) is 5.92 Å². The van der Waals surface area contributed by atoms with Gasteiger partial charge >= 0.3 is 5.97 Å². The average Bonchev–Trinajstić information content (AvgIpc) is 3.04. The monoisotopic (exact) mass is 386 g/mol. The lowest BCUT2D eigenvalue weighted by atomic mass is 9.77. The number of carbonyl (C=O) groups excluding carboxylic acids is 3. The van der Waals surface area contributed by atoms with Crippen LogP contribution in [0.2, 0.25) is 0 Å². The number of hydrogen-bond acceptors (Lipinski definition) is 4. The number of likely N-dealkylation sites (tertiary alicyclic amines) is 1. The Morgan fingerprint density at radius 3 is 2.79 bits per heavy atom. The molecule has 1 heterocycles. The maximum atomic E-state index is 12.5. The van der Waals surface area contributed by atoms with Gasteiger partial charge < -0.3 is 15.0 Å². The first-order valence-corrected chi connectivity index (χ1v) is 10.2. The summed E-state index contributed by atoms with van der Waals surface area (Å²) in [6.07, 6.45) is 3.49. The summed E-state index contributed by atoms with van der Waals surface area (Å²) < 4.78 is 5.19. The van der Waals surface area contributed by atoms with E-state index in [0.29, 0.717) is 24.1 Å². The van der Waals surface area contributed by atoms with Crippen molar-refractivity contribution in [3.63, 3.8) is 0 Å². The highest BCUT2D eigenvalue weighted by molar-refractivity contribution is 5.93. The summed E-state index contributed by atoms with van der Waals surface area (Å²) in [5.74, 6) is -0.280. The van der Waals surface area contributed by atoms with Gasteiger partial charge in [0.2, 0.25) is 5.91 Å². The number of anilines is 1. The van der Waals surface area contributed by atoms with Crippen molar-refractivity contribution in [3.05, 3.63) is 29.8 Å². The second-order valence-corrected chi connectivity index (χ2v) is 8.31. The molecule has 0 spiro atoms. The van der Waals surface area contributed by atoms with E-state index in [1.165, 1.54) is 6.42 Å². The third-order valence-electron chi connectivity index (χ3n) is 6.20. The summed E-state index contributed by atoms with van der Waals surface area (Å²) >= 11 is 0. The van der Waals surface area contributed by atoms with E-state index in [1.54, 1.807) is 6.07 Å². The number of ether oxygens (including phenoxy) is 1. The Bertz CT molecular complexity index is 748. The first-order valence-electron chi connectivity index (χ1n) is 10.2. The van der Waals surface area contributed by atoms with Crippen LogP contribution in [0, 0.1) is 24.7 Å². The fourth-order valence-electron chi connectivity index (χ4n) is 4.38. The topological polar surface area (TPSA) is 75.7 Å². The van der Waals surface area contributed by atoms with Crippen LogP contribution in [0.5, 0.6) is 0 Å². The first-order chi connectivity index (χ1) is 13.3. The summed E-state index contributed by atoms with van der Waals surface area (Å²) in [6, 6.07) is 7.63. The molecule has 3 rings (SSSR count). The van der Waals surface area contributed by atoms with Gasteiger partial charge in [-0.15, -0.1) is 0 Å². The molecule has 2 amide bonds. The van der Waals surface area contributed by atoms with Gasteiger partial charge in [0.1, 0.15) is 0 Å². The maximum absolute atomic E-state index is 12.5. The Kier molecular flexibility index (Phi) is 6.37. The van der Waals surface area contributed by atoms with Gasteiger partial charge in [0.15, 0.2) is 6.61 Å². The molecule has 2 fully saturated rings. The van der Waals surface area contributed by atoms with Crippen LogP contribution in [-0.2, 0) is 19.1 Å². The normalized spacial score (nSPS) is 27.5. The van der Waals surface area contributed by atoms with E-state index in [2.05, 4.69) is 19.2 Å². The number of amides is 2. The Morgan fingerprint density at radius 1 is 1.25 bits per heavy atom. The van der Waals surface area contributed by atoms with Crippen LogP contribution in [0.25, 0.3) is 0 Å². The highest BCUT2D eigenvalue weighted by Gasteiger charge is 2.42. The van der Waals surface area contributed by atoms with Crippen molar-refractivity contribution in [2.75, 3.05) is 18.5 Å². The van der Waals surface area contributed by atoms with Gasteiger partial charge in [0.25, 0.3) is 5.91 Å². The minimum atomic E-state index is -0.483. The smallest absolute Gasteiger partial charge is 0.311 e. The van der Waals surface area contributed by atoms with Crippen LogP contribution in [0.4, 0.5) is 5.69 Å². The molecule has 4 atom stereocenters. The number of carbonyl (C=O) groups is 3. The van der Waals surface area contributed by atoms with Crippen LogP contribution >= 0.6 is 0 Å². The van der Waals surface area contributed by atoms with Crippen molar-refractivity contribution in [1.82, 2.24) is 4.90 Å². The zero-order valence-corrected chi connectivity index (χ0v) is 16.9. The van der Waals surface area contributed by atoms with Crippen molar-refractivity contribution in [2.24, 2.45) is 17.8 Å². The van der Waals surface area contributed by atoms with Crippen molar-refractivity contribution in [2.45, 2.75) is 52.5 Å². The molecule has 6 heteroatoms. The minimum Gasteiger partial charge on any atom is -0.455 e. The summed E-state index contributed by atoms with van der Waals surface area (Å²) in [5, 5.41) is 2.72. The van der Waals surface area contributed by atoms with Crippen molar-refractivity contribution >= 4 is 23.5 Å². The third-order valence-corrected chi connectivity index (χ3v) is 6.20. The molecule has 0 bridgehead atoms. The highest BCUT2D eigenvalue weighted by atomic mass is 16.5. The Hall–Kier alpha value is -2.37. The van der Waals surface area contributed by atoms with Crippen LogP contribution in [0.15, 0.2) is 24.3 Å². The quantitative estimate of drug-likeness (QED) is 0.789. The minimum absolute atomic E-state index is 0.0251. The van der Waals surface area contributed by atoms with Gasteiger partial charge in [-0.25, -0.2) is 0 Å². The SMILES string of the molecule is Cc1cccc(NC(=O)COC(=O)[C@H]2CC(=O)N([C@H]3CCC[C@H](C)[C@@H]3C)C2)c1. The van der Waals surface area contributed by atoms with Crippen LogP contribution in [0.3, 0.4) is 0 Å². The molecule has 28 heavy (non-hydrogen) atoms. The van der Waals surface area contributed by atoms with Gasteiger partial charge in [-0.1, -0.05) is 38.8 Å². The zero-order chi connectivity index (χ0) is 20.3. The number of esters is 1. The third kappa shape index (κ3) is 4.72. The molecule has 6 nitrogen and oxygen atoms in total. The van der Waals surface area contributed by atoms with Crippen LogP contribution in [-0.4, -0.2) is 41.9 Å². The molecule has 0 radical (unpaired) electrons. The standard InChI is InChI=1S/C22H30N2O4/c1-14-6-4-8-18(10-14)23-20(25)13-28-22(27)17-11-21(26)24(12-17)19-9-5-7-15(2)16(19)3/h4,6,8,10,15-17,19H,5,7,9,11-13H2,1-3H3,(H,23,25)/t15-,16-,17-,19-/m0/s1. The van der Waals surface area contributed by atoms with Crippen LogP contribution in [0.1, 0.15) is 45.1 Å². The van der Waals surface area contributed by atoms with Gasteiger partial charge in [0, 0.05) is 24.7 Å². The Balaban J connectivity index is 1.50. The molecule has 1 aromatic carbocycles. The summed E-state index contributed by atoms with van der Waals surface area (Å²) in [4.78, 5) is 38.8. The number of rotatable bonds is 5.